The number of nitrogens with zero attached hydrogens (tertiary/aromatic N) is 1. The van der Waals surface area contributed by atoms with E-state index in [0.29, 0.717) is 19.0 Å². The Morgan fingerprint density at radius 1 is 1.24 bits per heavy atom. The molecule has 0 aromatic heterocycles. The summed E-state index contributed by atoms with van der Waals surface area (Å²) in [5.41, 5.74) is 0. The average molecular weight is 250 g/mol. The minimum atomic E-state index is -4.04. The summed E-state index contributed by atoms with van der Waals surface area (Å²) in [4.78, 5) is 2.22. The quantitative estimate of drug-likeness (QED) is 0.824. The van der Waals surface area contributed by atoms with E-state index in [0.717, 1.165) is 6.54 Å². The van der Waals surface area contributed by atoms with E-state index in [-0.39, 0.29) is 12.5 Å². The molecule has 1 saturated heterocycles. The van der Waals surface area contributed by atoms with Crippen LogP contribution in [0.2, 0.25) is 0 Å². The number of rotatable bonds is 4. The molecule has 1 saturated carbocycles. The van der Waals surface area contributed by atoms with Gasteiger partial charge in [-0.15, -0.1) is 0 Å². The standard InChI is InChI=1S/C12H21F3N2/c1-17(9-3-2-4-9)8-6-11-10(5-7-16-11)12(13,14)15/h9-11,16H,2-8H2,1H3. The minimum absolute atomic E-state index is 0.237. The summed E-state index contributed by atoms with van der Waals surface area (Å²) in [6, 6.07) is 0.235. The summed E-state index contributed by atoms with van der Waals surface area (Å²) in [6.45, 7) is 1.27. The Bertz CT molecular complexity index is 251. The Balaban J connectivity index is 1.77. The third-order valence-corrected chi connectivity index (χ3v) is 4.26. The first kappa shape index (κ1) is 13.1. The molecule has 0 aromatic rings. The Labute approximate surface area is 101 Å². The van der Waals surface area contributed by atoms with Crippen molar-refractivity contribution in [3.8, 4) is 0 Å². The highest BCUT2D eigenvalue weighted by Gasteiger charge is 2.46. The van der Waals surface area contributed by atoms with E-state index in [1.54, 1.807) is 0 Å². The molecular weight excluding hydrogens is 229 g/mol. The molecule has 1 heterocycles. The van der Waals surface area contributed by atoms with Gasteiger partial charge in [0.1, 0.15) is 0 Å². The third kappa shape index (κ3) is 3.13. The van der Waals surface area contributed by atoms with E-state index in [1.807, 2.05) is 7.05 Å². The summed E-state index contributed by atoms with van der Waals surface area (Å²) in [5, 5.41) is 3.00. The van der Waals surface area contributed by atoms with Crippen LogP contribution in [0.1, 0.15) is 32.1 Å². The highest BCUT2D eigenvalue weighted by Crippen LogP contribution is 2.35. The van der Waals surface area contributed by atoms with Gasteiger partial charge in [0.25, 0.3) is 0 Å². The maximum absolute atomic E-state index is 12.7. The highest BCUT2D eigenvalue weighted by atomic mass is 19.4. The molecule has 17 heavy (non-hydrogen) atoms. The fourth-order valence-corrected chi connectivity index (χ4v) is 2.82. The van der Waals surface area contributed by atoms with Gasteiger partial charge in [0.15, 0.2) is 0 Å². The van der Waals surface area contributed by atoms with Crippen LogP contribution in [-0.4, -0.2) is 43.3 Å². The van der Waals surface area contributed by atoms with Crippen molar-refractivity contribution in [1.29, 1.82) is 0 Å². The predicted molar refractivity (Wildman–Crippen MR) is 60.8 cm³/mol. The SMILES string of the molecule is CN(CCC1NCCC1C(F)(F)F)C1CCC1. The van der Waals surface area contributed by atoms with Crippen molar-refractivity contribution in [2.75, 3.05) is 20.1 Å². The molecule has 5 heteroatoms. The summed E-state index contributed by atoms with van der Waals surface area (Å²) >= 11 is 0. The molecule has 1 aliphatic heterocycles. The van der Waals surface area contributed by atoms with Crippen LogP contribution in [0.25, 0.3) is 0 Å². The molecule has 2 aliphatic rings. The van der Waals surface area contributed by atoms with Gasteiger partial charge in [-0.3, -0.25) is 0 Å². The van der Waals surface area contributed by atoms with Crippen molar-refractivity contribution >= 4 is 0 Å². The van der Waals surface area contributed by atoms with Crippen molar-refractivity contribution in [3.05, 3.63) is 0 Å². The topological polar surface area (TPSA) is 15.3 Å². The van der Waals surface area contributed by atoms with Gasteiger partial charge in [0.05, 0.1) is 5.92 Å². The number of hydrogen-bond acceptors (Lipinski definition) is 2. The second kappa shape index (κ2) is 5.14. The molecule has 0 amide bonds. The smallest absolute Gasteiger partial charge is 0.313 e. The first-order valence-electron chi connectivity index (χ1n) is 6.49. The summed E-state index contributed by atoms with van der Waals surface area (Å²) in [6.07, 6.45) is 0.484. The number of nitrogens with one attached hydrogen (secondary N) is 1. The molecule has 2 atom stereocenters. The second-order valence-corrected chi connectivity index (χ2v) is 5.35. The van der Waals surface area contributed by atoms with Crippen molar-refractivity contribution in [1.82, 2.24) is 10.2 Å². The third-order valence-electron chi connectivity index (χ3n) is 4.26. The van der Waals surface area contributed by atoms with Gasteiger partial charge in [-0.1, -0.05) is 6.42 Å². The van der Waals surface area contributed by atoms with Gasteiger partial charge in [0, 0.05) is 12.1 Å². The van der Waals surface area contributed by atoms with E-state index in [2.05, 4.69) is 10.2 Å². The van der Waals surface area contributed by atoms with E-state index in [9.17, 15) is 13.2 Å². The van der Waals surface area contributed by atoms with Gasteiger partial charge >= 0.3 is 6.18 Å². The molecule has 0 aromatic carbocycles. The zero-order valence-corrected chi connectivity index (χ0v) is 10.3. The largest absolute Gasteiger partial charge is 0.393 e. The lowest BCUT2D eigenvalue weighted by Crippen LogP contribution is -2.42. The van der Waals surface area contributed by atoms with Crippen molar-refractivity contribution in [3.63, 3.8) is 0 Å². The van der Waals surface area contributed by atoms with Gasteiger partial charge < -0.3 is 10.2 Å². The van der Waals surface area contributed by atoms with Gasteiger partial charge in [0.2, 0.25) is 0 Å². The van der Waals surface area contributed by atoms with Crippen LogP contribution in [0.3, 0.4) is 0 Å². The molecule has 2 rings (SSSR count). The Hall–Kier alpha value is -0.290. The molecule has 1 aliphatic carbocycles. The molecule has 1 N–H and O–H groups in total. The molecule has 0 bridgehead atoms. The van der Waals surface area contributed by atoms with Gasteiger partial charge in [-0.25, -0.2) is 0 Å². The molecule has 0 radical (unpaired) electrons. The fourth-order valence-electron chi connectivity index (χ4n) is 2.82. The monoisotopic (exact) mass is 250 g/mol. The molecule has 100 valence electrons. The maximum atomic E-state index is 12.7. The zero-order chi connectivity index (χ0) is 12.5. The van der Waals surface area contributed by atoms with E-state index >= 15 is 0 Å². The van der Waals surface area contributed by atoms with E-state index in [1.165, 1.54) is 19.3 Å². The molecule has 2 nitrogen and oxygen atoms in total. The molecule has 2 unspecified atom stereocenters. The first-order chi connectivity index (χ1) is 7.98. The number of hydrogen-bond donors (Lipinski definition) is 1. The lowest BCUT2D eigenvalue weighted by Gasteiger charge is -2.35. The van der Waals surface area contributed by atoms with Crippen LogP contribution < -0.4 is 5.32 Å². The van der Waals surface area contributed by atoms with Crippen molar-refractivity contribution < 1.29 is 13.2 Å². The number of alkyl halides is 3. The first-order valence-corrected chi connectivity index (χ1v) is 6.49. The van der Waals surface area contributed by atoms with Crippen LogP contribution in [0.4, 0.5) is 13.2 Å². The van der Waals surface area contributed by atoms with E-state index in [4.69, 9.17) is 0 Å². The lowest BCUT2D eigenvalue weighted by atomic mass is 9.91. The number of halogens is 3. The van der Waals surface area contributed by atoms with Gasteiger partial charge in [-0.05, 0) is 45.8 Å². The summed E-state index contributed by atoms with van der Waals surface area (Å²) < 4.78 is 38.2. The van der Waals surface area contributed by atoms with Crippen LogP contribution in [0, 0.1) is 5.92 Å². The van der Waals surface area contributed by atoms with Crippen LogP contribution in [-0.2, 0) is 0 Å². The summed E-state index contributed by atoms with van der Waals surface area (Å²) in [5.74, 6) is -1.14. The Morgan fingerprint density at radius 3 is 2.47 bits per heavy atom. The summed E-state index contributed by atoms with van der Waals surface area (Å²) in [7, 11) is 2.03. The van der Waals surface area contributed by atoms with E-state index < -0.39 is 12.1 Å². The molecule has 2 fully saturated rings. The van der Waals surface area contributed by atoms with Crippen LogP contribution >= 0.6 is 0 Å². The highest BCUT2D eigenvalue weighted by molar-refractivity contribution is 4.89. The normalized spacial score (nSPS) is 30.9. The predicted octanol–water partition coefficient (Wildman–Crippen LogP) is 2.40. The fraction of sp³-hybridized carbons (Fsp3) is 1.00. The maximum Gasteiger partial charge on any atom is 0.393 e. The second-order valence-electron chi connectivity index (χ2n) is 5.35. The molecule has 0 spiro atoms. The van der Waals surface area contributed by atoms with Crippen molar-refractivity contribution in [2.45, 2.75) is 50.4 Å². The van der Waals surface area contributed by atoms with Crippen LogP contribution in [0.5, 0.6) is 0 Å². The Kier molecular flexibility index (Phi) is 3.98. The lowest BCUT2D eigenvalue weighted by molar-refractivity contribution is -0.177. The average Bonchev–Trinajstić information content (AvgIpc) is 2.58. The Morgan fingerprint density at radius 2 is 1.94 bits per heavy atom. The van der Waals surface area contributed by atoms with Crippen molar-refractivity contribution in [2.24, 2.45) is 5.92 Å². The van der Waals surface area contributed by atoms with Crippen LogP contribution in [0.15, 0.2) is 0 Å². The minimum Gasteiger partial charge on any atom is -0.313 e. The zero-order valence-electron chi connectivity index (χ0n) is 10.3. The molecular formula is C12H21F3N2. The van der Waals surface area contributed by atoms with Gasteiger partial charge in [-0.2, -0.15) is 13.2 Å².